The van der Waals surface area contributed by atoms with Crippen molar-refractivity contribution < 1.29 is 23.2 Å². The van der Waals surface area contributed by atoms with Crippen molar-refractivity contribution in [3.05, 3.63) is 22.7 Å². The second-order valence-corrected chi connectivity index (χ2v) is 8.19. The summed E-state index contributed by atoms with van der Waals surface area (Å²) in [7, 11) is -2.83. The number of quaternary nitrogens is 1. The monoisotopic (exact) mass is 332 g/mol. The molecule has 7 heteroatoms. The SMILES string of the molecule is O=S1(=O)CC[C@@H]([NH2+]Cc2cc(Cl)c3c(c2)OCCCO3)C1. The molecule has 2 aliphatic heterocycles. The van der Waals surface area contributed by atoms with E-state index >= 15 is 0 Å². The molecule has 0 bridgehead atoms. The molecule has 116 valence electrons. The molecular formula is C14H19ClNO4S+. The molecule has 21 heavy (non-hydrogen) atoms. The molecule has 5 nitrogen and oxygen atoms in total. The van der Waals surface area contributed by atoms with Crippen molar-refractivity contribution in [2.24, 2.45) is 0 Å². The van der Waals surface area contributed by atoms with Crippen LogP contribution in [0.1, 0.15) is 18.4 Å². The molecule has 0 aliphatic carbocycles. The van der Waals surface area contributed by atoms with Gasteiger partial charge in [0, 0.05) is 18.4 Å². The highest BCUT2D eigenvalue weighted by Gasteiger charge is 2.30. The van der Waals surface area contributed by atoms with Gasteiger partial charge in [-0.25, -0.2) is 8.42 Å². The second-order valence-electron chi connectivity index (χ2n) is 5.56. The van der Waals surface area contributed by atoms with Crippen LogP contribution in [0.3, 0.4) is 0 Å². The largest absolute Gasteiger partial charge is 0.489 e. The minimum absolute atomic E-state index is 0.143. The number of hydrogen-bond donors (Lipinski definition) is 1. The predicted molar refractivity (Wildman–Crippen MR) is 79.7 cm³/mol. The van der Waals surface area contributed by atoms with Gasteiger partial charge in [0.15, 0.2) is 21.3 Å². The van der Waals surface area contributed by atoms with Gasteiger partial charge in [0.25, 0.3) is 0 Å². The maximum atomic E-state index is 11.5. The molecule has 0 radical (unpaired) electrons. The summed E-state index contributed by atoms with van der Waals surface area (Å²) in [6.07, 6.45) is 1.56. The Kier molecular flexibility index (Phi) is 4.28. The molecule has 2 heterocycles. The van der Waals surface area contributed by atoms with E-state index in [0.717, 1.165) is 18.4 Å². The van der Waals surface area contributed by atoms with E-state index in [9.17, 15) is 8.42 Å². The number of nitrogens with two attached hydrogens (primary N) is 1. The van der Waals surface area contributed by atoms with Gasteiger partial charge in [0.05, 0.1) is 24.0 Å². The quantitative estimate of drug-likeness (QED) is 0.887. The third-order valence-electron chi connectivity index (χ3n) is 3.82. The standard InChI is InChI=1S/C14H18ClNO4S/c15-12-6-10(7-13-14(12)20-4-1-3-19-13)8-16-11-2-5-21(17,18)9-11/h6-7,11,16H,1-5,8-9H2/p+1/t11-/m1/s1. The number of rotatable bonds is 3. The van der Waals surface area contributed by atoms with Crippen molar-refractivity contribution in [2.75, 3.05) is 24.7 Å². The topological polar surface area (TPSA) is 69.2 Å². The average molecular weight is 333 g/mol. The summed E-state index contributed by atoms with van der Waals surface area (Å²) in [6, 6.07) is 3.95. The van der Waals surface area contributed by atoms with Crippen LogP contribution in [-0.4, -0.2) is 39.2 Å². The molecule has 1 aromatic carbocycles. The number of ether oxygens (including phenoxy) is 2. The summed E-state index contributed by atoms with van der Waals surface area (Å²) in [5.74, 6) is 1.87. The summed E-state index contributed by atoms with van der Waals surface area (Å²) in [4.78, 5) is 0. The molecule has 1 atom stereocenters. The third kappa shape index (κ3) is 3.62. The third-order valence-corrected chi connectivity index (χ3v) is 5.89. The van der Waals surface area contributed by atoms with E-state index in [1.54, 1.807) is 0 Å². The molecule has 1 fully saturated rings. The van der Waals surface area contributed by atoms with Crippen molar-refractivity contribution in [1.29, 1.82) is 0 Å². The van der Waals surface area contributed by atoms with Crippen LogP contribution in [0.25, 0.3) is 0 Å². The van der Waals surface area contributed by atoms with Gasteiger partial charge in [-0.3, -0.25) is 0 Å². The maximum Gasteiger partial charge on any atom is 0.179 e. The molecule has 3 rings (SSSR count). The van der Waals surface area contributed by atoms with Crippen LogP contribution in [0.5, 0.6) is 11.5 Å². The average Bonchev–Trinajstić information content (AvgIpc) is 2.63. The molecule has 0 saturated carbocycles. The van der Waals surface area contributed by atoms with Crippen LogP contribution < -0.4 is 14.8 Å². The fourth-order valence-corrected chi connectivity index (χ4v) is 4.79. The Labute approximate surface area is 129 Å². The lowest BCUT2D eigenvalue weighted by molar-refractivity contribution is -0.699. The molecule has 1 aromatic rings. The molecular weight excluding hydrogens is 314 g/mol. The predicted octanol–water partition coefficient (Wildman–Crippen LogP) is 0.752. The van der Waals surface area contributed by atoms with E-state index in [2.05, 4.69) is 5.32 Å². The van der Waals surface area contributed by atoms with Crippen molar-refractivity contribution >= 4 is 21.4 Å². The number of halogens is 1. The zero-order valence-corrected chi connectivity index (χ0v) is 13.3. The summed E-state index contributed by atoms with van der Waals surface area (Å²) in [6.45, 7) is 1.92. The molecule has 0 amide bonds. The van der Waals surface area contributed by atoms with E-state index in [1.165, 1.54) is 0 Å². The number of fused-ring (bicyclic) bond motifs is 1. The van der Waals surface area contributed by atoms with Gasteiger partial charge < -0.3 is 14.8 Å². The minimum Gasteiger partial charge on any atom is -0.489 e. The fourth-order valence-electron chi connectivity index (χ4n) is 2.71. The van der Waals surface area contributed by atoms with E-state index in [0.29, 0.717) is 42.0 Å². The molecule has 0 spiro atoms. The van der Waals surface area contributed by atoms with Gasteiger partial charge in [0.2, 0.25) is 0 Å². The summed E-state index contributed by atoms with van der Waals surface area (Å²) in [5.41, 5.74) is 1.02. The van der Waals surface area contributed by atoms with Gasteiger partial charge in [-0.1, -0.05) is 11.6 Å². The Bertz CT molecular complexity index is 632. The van der Waals surface area contributed by atoms with Gasteiger partial charge in [-0.2, -0.15) is 0 Å². The smallest absolute Gasteiger partial charge is 0.179 e. The zero-order chi connectivity index (χ0) is 14.9. The Morgan fingerprint density at radius 1 is 1.29 bits per heavy atom. The van der Waals surface area contributed by atoms with Gasteiger partial charge in [-0.05, 0) is 12.1 Å². The van der Waals surface area contributed by atoms with Crippen molar-refractivity contribution in [3.63, 3.8) is 0 Å². The lowest BCUT2D eigenvalue weighted by atomic mass is 10.1. The van der Waals surface area contributed by atoms with Crippen LogP contribution in [0.15, 0.2) is 12.1 Å². The number of benzene rings is 1. The molecule has 2 aliphatic rings. The second kappa shape index (κ2) is 6.02. The highest BCUT2D eigenvalue weighted by molar-refractivity contribution is 7.91. The highest BCUT2D eigenvalue weighted by atomic mass is 35.5. The first-order valence-electron chi connectivity index (χ1n) is 7.15. The van der Waals surface area contributed by atoms with Crippen LogP contribution >= 0.6 is 11.6 Å². The molecule has 0 unspecified atom stereocenters. The molecule has 0 aromatic heterocycles. The Balaban J connectivity index is 1.69. The fraction of sp³-hybridized carbons (Fsp3) is 0.571. The first kappa shape index (κ1) is 14.9. The van der Waals surface area contributed by atoms with E-state index < -0.39 is 9.84 Å². The number of hydrogen-bond acceptors (Lipinski definition) is 4. The van der Waals surface area contributed by atoms with Crippen molar-refractivity contribution in [2.45, 2.75) is 25.4 Å². The van der Waals surface area contributed by atoms with Crippen LogP contribution in [0.2, 0.25) is 5.02 Å². The first-order valence-corrected chi connectivity index (χ1v) is 9.35. The Hall–Kier alpha value is -0.980. The molecule has 1 saturated heterocycles. The van der Waals surface area contributed by atoms with Crippen molar-refractivity contribution in [3.8, 4) is 11.5 Å². The summed E-state index contributed by atoms with van der Waals surface area (Å²) >= 11 is 6.25. The Morgan fingerprint density at radius 2 is 2.10 bits per heavy atom. The van der Waals surface area contributed by atoms with Crippen LogP contribution in [0, 0.1) is 0 Å². The van der Waals surface area contributed by atoms with Crippen LogP contribution in [-0.2, 0) is 16.4 Å². The van der Waals surface area contributed by atoms with E-state index in [-0.39, 0.29) is 11.8 Å². The van der Waals surface area contributed by atoms with Gasteiger partial charge in [-0.15, -0.1) is 0 Å². The lowest BCUT2D eigenvalue weighted by Gasteiger charge is -2.12. The zero-order valence-electron chi connectivity index (χ0n) is 11.7. The van der Waals surface area contributed by atoms with Crippen LogP contribution in [0.4, 0.5) is 0 Å². The van der Waals surface area contributed by atoms with E-state index in [4.69, 9.17) is 21.1 Å². The lowest BCUT2D eigenvalue weighted by Crippen LogP contribution is -2.89. The summed E-state index contributed by atoms with van der Waals surface area (Å²) in [5, 5.41) is 2.62. The van der Waals surface area contributed by atoms with Gasteiger partial charge >= 0.3 is 0 Å². The highest BCUT2D eigenvalue weighted by Crippen LogP contribution is 2.37. The van der Waals surface area contributed by atoms with E-state index in [1.807, 2.05) is 12.1 Å². The molecule has 2 N–H and O–H groups in total. The first-order chi connectivity index (χ1) is 10.0. The Morgan fingerprint density at radius 3 is 2.86 bits per heavy atom. The summed E-state index contributed by atoms with van der Waals surface area (Å²) < 4.78 is 34.2. The van der Waals surface area contributed by atoms with Crippen molar-refractivity contribution in [1.82, 2.24) is 0 Å². The maximum absolute atomic E-state index is 11.5. The van der Waals surface area contributed by atoms with Gasteiger partial charge in [0.1, 0.15) is 18.3 Å². The normalized spacial score (nSPS) is 23.8. The number of sulfone groups is 1. The minimum atomic E-state index is -2.83.